The molecule has 84 valence electrons. The van der Waals surface area contributed by atoms with Crippen LogP contribution >= 0.6 is 0 Å². The van der Waals surface area contributed by atoms with Crippen LogP contribution in [0.25, 0.3) is 0 Å². The third kappa shape index (κ3) is 6.24. The fraction of sp³-hybridized carbons (Fsp3) is 0.615. The molecule has 0 radical (unpaired) electrons. The van der Waals surface area contributed by atoms with Gasteiger partial charge in [-0.25, -0.2) is 0 Å². The summed E-state index contributed by atoms with van der Waals surface area (Å²) in [5, 5.41) is 0. The van der Waals surface area contributed by atoms with Crippen LogP contribution in [0.15, 0.2) is 24.5 Å². The normalized spacial score (nSPS) is 10.5. The van der Waals surface area contributed by atoms with Gasteiger partial charge in [0.1, 0.15) is 0 Å². The molecule has 1 aromatic rings. The maximum atomic E-state index is 5.50. The van der Waals surface area contributed by atoms with Gasteiger partial charge in [0.05, 0.1) is 0 Å². The lowest BCUT2D eigenvalue weighted by Gasteiger charge is -2.03. The zero-order valence-electron chi connectivity index (χ0n) is 9.61. The third-order valence-electron chi connectivity index (χ3n) is 2.37. The van der Waals surface area contributed by atoms with E-state index >= 15 is 0 Å². The predicted molar refractivity (Wildman–Crippen MR) is 62.9 cm³/mol. The molecular weight excluding hydrogens is 186 g/mol. The van der Waals surface area contributed by atoms with E-state index in [4.69, 9.17) is 4.74 Å². The van der Waals surface area contributed by atoms with Crippen molar-refractivity contribution in [1.82, 2.24) is 4.98 Å². The standard InChI is InChI=1S/C13H21NO/c1-2-3-10-15-11-5-4-7-13-8-6-9-14-12-13/h6,8-9,12H,2-5,7,10-11H2,1H3. The molecule has 15 heavy (non-hydrogen) atoms. The van der Waals surface area contributed by atoms with Gasteiger partial charge in [-0.1, -0.05) is 19.4 Å². The minimum atomic E-state index is 0.903. The summed E-state index contributed by atoms with van der Waals surface area (Å²) in [6.45, 7) is 4.01. The van der Waals surface area contributed by atoms with E-state index in [1.165, 1.54) is 24.8 Å². The zero-order chi connectivity index (χ0) is 10.8. The summed E-state index contributed by atoms with van der Waals surface area (Å²) in [5.41, 5.74) is 1.33. The maximum absolute atomic E-state index is 5.50. The quantitative estimate of drug-likeness (QED) is 0.611. The lowest BCUT2D eigenvalue weighted by atomic mass is 10.1. The molecule has 1 aromatic heterocycles. The summed E-state index contributed by atoms with van der Waals surface area (Å²) < 4.78 is 5.50. The van der Waals surface area contributed by atoms with Crippen molar-refractivity contribution >= 4 is 0 Å². The van der Waals surface area contributed by atoms with Crippen LogP contribution in [0.1, 0.15) is 38.2 Å². The van der Waals surface area contributed by atoms with Crippen molar-refractivity contribution < 1.29 is 4.74 Å². The first kappa shape index (κ1) is 12.2. The molecule has 2 heteroatoms. The molecule has 0 fully saturated rings. The number of ether oxygens (including phenoxy) is 1. The Kier molecular flexibility index (Phi) is 6.84. The van der Waals surface area contributed by atoms with Crippen LogP contribution in [0, 0.1) is 0 Å². The van der Waals surface area contributed by atoms with Crippen molar-refractivity contribution in [2.75, 3.05) is 13.2 Å². The van der Waals surface area contributed by atoms with Gasteiger partial charge in [0.15, 0.2) is 0 Å². The Morgan fingerprint density at radius 2 is 2.07 bits per heavy atom. The average Bonchev–Trinajstić information content (AvgIpc) is 2.29. The summed E-state index contributed by atoms with van der Waals surface area (Å²) >= 11 is 0. The van der Waals surface area contributed by atoms with Gasteiger partial charge in [-0.15, -0.1) is 0 Å². The Labute approximate surface area is 92.7 Å². The van der Waals surface area contributed by atoms with E-state index in [9.17, 15) is 0 Å². The maximum Gasteiger partial charge on any atom is 0.0466 e. The monoisotopic (exact) mass is 207 g/mol. The molecule has 2 nitrogen and oxygen atoms in total. The van der Waals surface area contributed by atoms with Crippen molar-refractivity contribution in [2.24, 2.45) is 0 Å². The molecule has 0 N–H and O–H groups in total. The van der Waals surface area contributed by atoms with Crippen molar-refractivity contribution in [3.05, 3.63) is 30.1 Å². The minimum absolute atomic E-state index is 0.903. The molecular formula is C13H21NO. The van der Waals surface area contributed by atoms with Crippen molar-refractivity contribution in [2.45, 2.75) is 39.0 Å². The Morgan fingerprint density at radius 3 is 2.80 bits per heavy atom. The summed E-state index contributed by atoms with van der Waals surface area (Å²) in [5.74, 6) is 0. The number of aromatic nitrogens is 1. The van der Waals surface area contributed by atoms with Gasteiger partial charge < -0.3 is 4.74 Å². The van der Waals surface area contributed by atoms with Gasteiger partial charge in [0.25, 0.3) is 0 Å². The summed E-state index contributed by atoms with van der Waals surface area (Å²) in [4.78, 5) is 4.09. The van der Waals surface area contributed by atoms with Gasteiger partial charge in [0.2, 0.25) is 0 Å². The van der Waals surface area contributed by atoms with Gasteiger partial charge in [0, 0.05) is 25.6 Å². The molecule has 0 aromatic carbocycles. The molecule has 0 saturated carbocycles. The first-order valence-electron chi connectivity index (χ1n) is 5.90. The van der Waals surface area contributed by atoms with E-state index in [-0.39, 0.29) is 0 Å². The topological polar surface area (TPSA) is 22.1 Å². The molecule has 0 spiro atoms. The Hall–Kier alpha value is -0.890. The highest BCUT2D eigenvalue weighted by Crippen LogP contribution is 2.03. The van der Waals surface area contributed by atoms with Crippen LogP contribution in [-0.4, -0.2) is 18.2 Å². The minimum Gasteiger partial charge on any atom is -0.381 e. The second-order valence-corrected chi connectivity index (χ2v) is 3.78. The van der Waals surface area contributed by atoms with Crippen molar-refractivity contribution in [1.29, 1.82) is 0 Å². The molecule has 0 aliphatic rings. The number of hydrogen-bond acceptors (Lipinski definition) is 2. The molecule has 0 unspecified atom stereocenters. The fourth-order valence-corrected chi connectivity index (χ4v) is 1.43. The van der Waals surface area contributed by atoms with E-state index in [0.29, 0.717) is 0 Å². The average molecular weight is 207 g/mol. The summed E-state index contributed by atoms with van der Waals surface area (Å²) in [6, 6.07) is 4.12. The lowest BCUT2D eigenvalue weighted by Crippen LogP contribution is -1.97. The highest BCUT2D eigenvalue weighted by atomic mass is 16.5. The highest BCUT2D eigenvalue weighted by molar-refractivity contribution is 5.08. The Balaban J connectivity index is 1.93. The van der Waals surface area contributed by atoms with Crippen LogP contribution in [0.4, 0.5) is 0 Å². The van der Waals surface area contributed by atoms with E-state index in [1.807, 2.05) is 18.5 Å². The third-order valence-corrected chi connectivity index (χ3v) is 2.37. The number of unbranched alkanes of at least 4 members (excludes halogenated alkanes) is 2. The van der Waals surface area contributed by atoms with E-state index < -0.39 is 0 Å². The molecule has 0 saturated heterocycles. The van der Waals surface area contributed by atoms with Crippen LogP contribution in [0.5, 0.6) is 0 Å². The molecule has 0 aliphatic carbocycles. The number of pyridine rings is 1. The van der Waals surface area contributed by atoms with E-state index in [1.54, 1.807) is 0 Å². The summed E-state index contributed by atoms with van der Waals surface area (Å²) in [6.07, 6.45) is 9.62. The summed E-state index contributed by atoms with van der Waals surface area (Å²) in [7, 11) is 0. The molecule has 0 atom stereocenters. The second kappa shape index (κ2) is 8.42. The lowest BCUT2D eigenvalue weighted by molar-refractivity contribution is 0.127. The Bertz CT molecular complexity index is 236. The molecule has 0 aliphatic heterocycles. The van der Waals surface area contributed by atoms with Gasteiger partial charge in [-0.05, 0) is 37.3 Å². The molecule has 0 bridgehead atoms. The first-order valence-corrected chi connectivity index (χ1v) is 5.90. The number of rotatable bonds is 8. The zero-order valence-corrected chi connectivity index (χ0v) is 9.61. The highest BCUT2D eigenvalue weighted by Gasteiger charge is 1.93. The number of aryl methyl sites for hydroxylation is 1. The molecule has 1 rings (SSSR count). The number of nitrogens with zero attached hydrogens (tertiary/aromatic N) is 1. The molecule has 1 heterocycles. The van der Waals surface area contributed by atoms with Crippen molar-refractivity contribution in [3.63, 3.8) is 0 Å². The first-order chi connectivity index (χ1) is 7.43. The SMILES string of the molecule is CCCCOCCCCc1cccnc1. The smallest absolute Gasteiger partial charge is 0.0466 e. The van der Waals surface area contributed by atoms with Gasteiger partial charge in [-0.3, -0.25) is 4.98 Å². The van der Waals surface area contributed by atoms with E-state index in [0.717, 1.165) is 26.1 Å². The van der Waals surface area contributed by atoms with Crippen LogP contribution in [0.2, 0.25) is 0 Å². The van der Waals surface area contributed by atoms with Gasteiger partial charge in [-0.2, -0.15) is 0 Å². The van der Waals surface area contributed by atoms with Crippen LogP contribution in [-0.2, 0) is 11.2 Å². The predicted octanol–water partition coefficient (Wildman–Crippen LogP) is 3.22. The Morgan fingerprint density at radius 1 is 1.20 bits per heavy atom. The van der Waals surface area contributed by atoms with Crippen molar-refractivity contribution in [3.8, 4) is 0 Å². The van der Waals surface area contributed by atoms with Gasteiger partial charge >= 0.3 is 0 Å². The second-order valence-electron chi connectivity index (χ2n) is 3.78. The number of hydrogen-bond donors (Lipinski definition) is 0. The van der Waals surface area contributed by atoms with E-state index in [2.05, 4.69) is 18.0 Å². The largest absolute Gasteiger partial charge is 0.381 e. The van der Waals surface area contributed by atoms with Crippen LogP contribution in [0.3, 0.4) is 0 Å². The molecule has 0 amide bonds. The van der Waals surface area contributed by atoms with Crippen LogP contribution < -0.4 is 0 Å². The fourth-order valence-electron chi connectivity index (χ4n) is 1.43.